The third kappa shape index (κ3) is 3.15. The van der Waals surface area contributed by atoms with Crippen LogP contribution in [0.2, 0.25) is 0 Å². The van der Waals surface area contributed by atoms with Crippen molar-refractivity contribution in [3.8, 4) is 0 Å². The second-order valence-electron chi connectivity index (χ2n) is 2.68. The fourth-order valence-corrected chi connectivity index (χ4v) is 0.784. The lowest BCUT2D eigenvalue weighted by atomic mass is 10.8. The lowest BCUT2D eigenvalue weighted by Crippen LogP contribution is -2.26. The first kappa shape index (κ1) is 14.3. The summed E-state index contributed by atoms with van der Waals surface area (Å²) in [5, 5.41) is 41.8. The lowest BCUT2D eigenvalue weighted by molar-refractivity contribution is -0.370. The first-order chi connectivity index (χ1) is 9.22. The van der Waals surface area contributed by atoms with Gasteiger partial charge in [-0.25, -0.2) is 0 Å². The molecule has 20 heavy (non-hydrogen) atoms. The standard InChI is InChI=1S/C4N8O8/c13-9(14)1-5-2(10(15)16)7-4(12(19)20)8-3(6-1)11(17)18. The van der Waals surface area contributed by atoms with Gasteiger partial charge < -0.3 is 40.5 Å². The monoisotopic (exact) mass is 288 g/mol. The molecular formula is C4N8O8. The van der Waals surface area contributed by atoms with Crippen LogP contribution in [0.5, 0.6) is 0 Å². The third-order valence-corrected chi connectivity index (χ3v) is 1.45. The molecule has 1 heterocycles. The molecule has 0 atom stereocenters. The van der Waals surface area contributed by atoms with Crippen LogP contribution in [0.15, 0.2) is 20.0 Å². The van der Waals surface area contributed by atoms with Crippen LogP contribution in [0, 0.1) is 40.5 Å². The van der Waals surface area contributed by atoms with Crippen molar-refractivity contribution in [1.29, 1.82) is 0 Å². The largest absolute Gasteiger partial charge is 0.481 e. The molecule has 104 valence electrons. The van der Waals surface area contributed by atoms with E-state index in [1.807, 2.05) is 0 Å². The highest BCUT2D eigenvalue weighted by molar-refractivity contribution is 6.02. The van der Waals surface area contributed by atoms with Gasteiger partial charge >= 0.3 is 23.8 Å². The lowest BCUT2D eigenvalue weighted by Gasteiger charge is -1.98. The maximum absolute atomic E-state index is 10.5. The molecule has 1 aliphatic heterocycles. The Morgan fingerprint density at radius 3 is 0.750 bits per heavy atom. The topological polar surface area (TPSA) is 222 Å². The summed E-state index contributed by atoms with van der Waals surface area (Å²) >= 11 is 0. The molecule has 0 bridgehead atoms. The van der Waals surface area contributed by atoms with Gasteiger partial charge in [-0.2, -0.15) is 0 Å². The number of nitrogens with zero attached hydrogens (tertiary/aromatic N) is 8. The highest BCUT2D eigenvalue weighted by Crippen LogP contribution is 2.00. The number of aliphatic imine (C=N–C) groups is 4. The van der Waals surface area contributed by atoms with E-state index in [1.54, 1.807) is 0 Å². The maximum atomic E-state index is 10.5. The van der Waals surface area contributed by atoms with Gasteiger partial charge in [0.1, 0.15) is 0 Å². The number of hydrogen-bond acceptors (Lipinski definition) is 12. The van der Waals surface area contributed by atoms with Crippen LogP contribution in [0.1, 0.15) is 0 Å². The molecule has 0 unspecified atom stereocenters. The highest BCUT2D eigenvalue weighted by atomic mass is 16.7. The quantitative estimate of drug-likeness (QED) is 0.376. The maximum Gasteiger partial charge on any atom is 0.481 e. The van der Waals surface area contributed by atoms with E-state index in [0.717, 1.165) is 0 Å². The Kier molecular flexibility index (Phi) is 3.79. The minimum Gasteiger partial charge on any atom is -0.390 e. The van der Waals surface area contributed by atoms with Gasteiger partial charge in [0.05, 0.1) is 0 Å². The van der Waals surface area contributed by atoms with E-state index in [9.17, 15) is 40.5 Å². The van der Waals surface area contributed by atoms with Gasteiger partial charge in [-0.1, -0.05) is 0 Å². The van der Waals surface area contributed by atoms with Gasteiger partial charge in [0.15, 0.2) is 0 Å². The van der Waals surface area contributed by atoms with E-state index in [2.05, 4.69) is 20.0 Å². The van der Waals surface area contributed by atoms with Gasteiger partial charge in [-0.3, -0.25) is 0 Å². The Morgan fingerprint density at radius 2 is 0.650 bits per heavy atom. The summed E-state index contributed by atoms with van der Waals surface area (Å²) in [5.74, 6) is -6.23. The summed E-state index contributed by atoms with van der Waals surface area (Å²) < 4.78 is 0. The van der Waals surface area contributed by atoms with E-state index >= 15 is 0 Å². The Morgan fingerprint density at radius 1 is 0.500 bits per heavy atom. The average Bonchev–Trinajstić information content (AvgIpc) is 2.26. The fourth-order valence-electron chi connectivity index (χ4n) is 0.784. The van der Waals surface area contributed by atoms with Gasteiger partial charge in [0, 0.05) is 20.0 Å². The SMILES string of the molecule is O=[N+]([O-])C1=NC([N+](=O)[O-])=NC([N+](=O)[O-])=NC([N+](=O)[O-])=N1. The van der Waals surface area contributed by atoms with Crippen molar-refractivity contribution in [2.45, 2.75) is 0 Å². The van der Waals surface area contributed by atoms with Crippen molar-refractivity contribution in [2.75, 3.05) is 0 Å². The Labute approximate surface area is 105 Å². The van der Waals surface area contributed by atoms with Gasteiger partial charge in [0.2, 0.25) is 0 Å². The van der Waals surface area contributed by atoms with Crippen molar-refractivity contribution in [3.63, 3.8) is 0 Å². The molecule has 1 rings (SSSR count). The van der Waals surface area contributed by atoms with Crippen LogP contribution in [0.4, 0.5) is 0 Å². The predicted octanol–water partition coefficient (Wildman–Crippen LogP) is -1.47. The van der Waals surface area contributed by atoms with Crippen molar-refractivity contribution >= 4 is 23.8 Å². The number of rotatable bonds is 0. The molecule has 0 aromatic rings. The Bertz CT molecular complexity index is 518. The minimum atomic E-state index is -1.56. The van der Waals surface area contributed by atoms with Crippen LogP contribution < -0.4 is 0 Å². The third-order valence-electron chi connectivity index (χ3n) is 1.45. The van der Waals surface area contributed by atoms with E-state index in [-0.39, 0.29) is 0 Å². The smallest absolute Gasteiger partial charge is 0.390 e. The Hall–Kier alpha value is -3.72. The summed E-state index contributed by atoms with van der Waals surface area (Å²) in [6.45, 7) is 0. The zero-order valence-electron chi connectivity index (χ0n) is 8.84. The van der Waals surface area contributed by atoms with E-state index < -0.39 is 43.5 Å². The van der Waals surface area contributed by atoms with Crippen molar-refractivity contribution in [2.24, 2.45) is 20.0 Å². The summed E-state index contributed by atoms with van der Waals surface area (Å²) in [7, 11) is 0. The number of hydrogen-bond donors (Lipinski definition) is 0. The van der Waals surface area contributed by atoms with Crippen LogP contribution >= 0.6 is 0 Å². The molecule has 0 amide bonds. The first-order valence-corrected chi connectivity index (χ1v) is 4.14. The molecule has 16 heteroatoms. The van der Waals surface area contributed by atoms with E-state index in [1.165, 1.54) is 0 Å². The second kappa shape index (κ2) is 5.29. The molecule has 0 spiro atoms. The predicted molar refractivity (Wildman–Crippen MR) is 57.7 cm³/mol. The van der Waals surface area contributed by atoms with Crippen LogP contribution in [0.3, 0.4) is 0 Å². The number of guanidine groups is 4. The molecule has 0 N–H and O–H groups in total. The van der Waals surface area contributed by atoms with Crippen molar-refractivity contribution < 1.29 is 19.7 Å². The number of nitro groups is 4. The van der Waals surface area contributed by atoms with Gasteiger partial charge in [0.25, 0.3) is 0 Å². The summed E-state index contributed by atoms with van der Waals surface area (Å²) in [6, 6.07) is 0. The molecule has 0 saturated heterocycles. The molecule has 0 aromatic carbocycles. The zero-order chi connectivity index (χ0) is 15.4. The zero-order valence-corrected chi connectivity index (χ0v) is 8.84. The van der Waals surface area contributed by atoms with Crippen LogP contribution in [-0.2, 0) is 0 Å². The normalized spacial score (nSPS) is 14.8. The molecule has 0 aromatic heterocycles. The first-order valence-electron chi connectivity index (χ1n) is 4.14. The molecule has 0 saturated carbocycles. The fraction of sp³-hybridized carbons (Fsp3) is 0. The molecule has 0 radical (unpaired) electrons. The highest BCUT2D eigenvalue weighted by Gasteiger charge is 2.32. The molecular weight excluding hydrogens is 288 g/mol. The molecule has 0 fully saturated rings. The van der Waals surface area contributed by atoms with Gasteiger partial charge in [-0.05, 0) is 19.7 Å². The minimum absolute atomic E-state index is 1.38. The van der Waals surface area contributed by atoms with E-state index in [0.29, 0.717) is 0 Å². The van der Waals surface area contributed by atoms with Crippen molar-refractivity contribution in [3.05, 3.63) is 40.5 Å². The van der Waals surface area contributed by atoms with Crippen LogP contribution in [-0.4, -0.2) is 43.5 Å². The van der Waals surface area contributed by atoms with Crippen molar-refractivity contribution in [1.82, 2.24) is 0 Å². The van der Waals surface area contributed by atoms with Gasteiger partial charge in [-0.15, -0.1) is 0 Å². The average molecular weight is 288 g/mol. The Balaban J connectivity index is 3.57. The summed E-state index contributed by atoms with van der Waals surface area (Å²) in [5.41, 5.74) is 0. The summed E-state index contributed by atoms with van der Waals surface area (Å²) in [6.07, 6.45) is 0. The second-order valence-corrected chi connectivity index (χ2v) is 2.68. The molecule has 16 nitrogen and oxygen atoms in total. The van der Waals surface area contributed by atoms with E-state index in [4.69, 9.17) is 0 Å². The molecule has 1 aliphatic rings. The molecule has 0 aliphatic carbocycles. The summed E-state index contributed by atoms with van der Waals surface area (Å²) in [4.78, 5) is 47.1. The van der Waals surface area contributed by atoms with Crippen LogP contribution in [0.25, 0.3) is 0 Å².